The fourth-order valence-corrected chi connectivity index (χ4v) is 3.43. The SMILES string of the molecule is CC(=O)Nc1ccc(OC(=O)C2(c3ccccc3F)CCCC2)cc1. The van der Waals surface area contributed by atoms with Gasteiger partial charge in [-0.2, -0.15) is 0 Å². The van der Waals surface area contributed by atoms with Gasteiger partial charge in [-0.3, -0.25) is 9.59 Å². The molecule has 1 fully saturated rings. The van der Waals surface area contributed by atoms with Crippen molar-refractivity contribution in [2.75, 3.05) is 5.32 Å². The summed E-state index contributed by atoms with van der Waals surface area (Å²) in [6, 6.07) is 13.0. The Hall–Kier alpha value is -2.69. The van der Waals surface area contributed by atoms with Gasteiger partial charge in [-0.15, -0.1) is 0 Å². The van der Waals surface area contributed by atoms with Gasteiger partial charge in [-0.05, 0) is 43.2 Å². The van der Waals surface area contributed by atoms with Gasteiger partial charge in [0.2, 0.25) is 5.91 Å². The lowest BCUT2D eigenvalue weighted by atomic mass is 9.78. The van der Waals surface area contributed by atoms with Gasteiger partial charge in [-0.25, -0.2) is 4.39 Å². The molecule has 0 saturated heterocycles. The number of hydrogen-bond acceptors (Lipinski definition) is 3. The van der Waals surface area contributed by atoms with Crippen molar-refractivity contribution in [2.45, 2.75) is 38.0 Å². The van der Waals surface area contributed by atoms with Crippen molar-refractivity contribution in [2.24, 2.45) is 0 Å². The zero-order valence-corrected chi connectivity index (χ0v) is 14.0. The molecule has 0 heterocycles. The first kappa shape index (κ1) is 17.1. The summed E-state index contributed by atoms with van der Waals surface area (Å²) >= 11 is 0. The molecule has 0 atom stereocenters. The van der Waals surface area contributed by atoms with Crippen LogP contribution in [-0.2, 0) is 15.0 Å². The van der Waals surface area contributed by atoms with Crippen molar-refractivity contribution in [3.05, 3.63) is 59.9 Å². The number of amides is 1. The molecule has 3 rings (SSSR count). The number of esters is 1. The molecule has 0 aliphatic heterocycles. The highest BCUT2D eigenvalue weighted by atomic mass is 19.1. The van der Waals surface area contributed by atoms with Gasteiger partial charge in [0.1, 0.15) is 11.6 Å². The molecule has 0 spiro atoms. The van der Waals surface area contributed by atoms with Crippen LogP contribution in [-0.4, -0.2) is 11.9 Å². The molecule has 1 saturated carbocycles. The van der Waals surface area contributed by atoms with E-state index < -0.39 is 11.4 Å². The molecule has 1 aliphatic carbocycles. The summed E-state index contributed by atoms with van der Waals surface area (Å²) in [4.78, 5) is 23.9. The van der Waals surface area contributed by atoms with E-state index in [1.807, 2.05) is 0 Å². The Kier molecular flexibility index (Phi) is 4.83. The second kappa shape index (κ2) is 7.05. The zero-order valence-electron chi connectivity index (χ0n) is 14.0. The topological polar surface area (TPSA) is 55.4 Å². The first-order chi connectivity index (χ1) is 12.0. The molecule has 25 heavy (non-hydrogen) atoms. The van der Waals surface area contributed by atoms with Crippen LogP contribution < -0.4 is 10.1 Å². The Morgan fingerprint density at radius 3 is 2.28 bits per heavy atom. The molecule has 0 bridgehead atoms. The third-order valence-electron chi connectivity index (χ3n) is 4.62. The number of nitrogens with one attached hydrogen (secondary N) is 1. The highest BCUT2D eigenvalue weighted by Gasteiger charge is 2.46. The van der Waals surface area contributed by atoms with E-state index in [2.05, 4.69) is 5.32 Å². The summed E-state index contributed by atoms with van der Waals surface area (Å²) in [6.45, 7) is 1.42. The summed E-state index contributed by atoms with van der Waals surface area (Å²) in [7, 11) is 0. The third-order valence-corrected chi connectivity index (χ3v) is 4.62. The Bertz CT molecular complexity index is 780. The van der Waals surface area contributed by atoms with Crippen LogP contribution >= 0.6 is 0 Å². The molecular weight excluding hydrogens is 321 g/mol. The van der Waals surface area contributed by atoms with E-state index in [4.69, 9.17) is 4.74 Å². The standard InChI is InChI=1S/C20H20FNO3/c1-14(23)22-15-8-10-16(11-9-15)25-19(24)20(12-4-5-13-20)17-6-2-3-7-18(17)21/h2-3,6-11H,4-5,12-13H2,1H3,(H,22,23). The van der Waals surface area contributed by atoms with Gasteiger partial charge in [0, 0.05) is 18.2 Å². The van der Waals surface area contributed by atoms with Gasteiger partial charge in [0.25, 0.3) is 0 Å². The number of rotatable bonds is 4. The maximum Gasteiger partial charge on any atom is 0.322 e. The van der Waals surface area contributed by atoms with Crippen LogP contribution in [0.1, 0.15) is 38.2 Å². The molecule has 1 aliphatic rings. The second-order valence-corrected chi connectivity index (χ2v) is 6.36. The van der Waals surface area contributed by atoms with Gasteiger partial charge >= 0.3 is 5.97 Å². The summed E-state index contributed by atoms with van der Waals surface area (Å²) in [5.74, 6) is -0.597. The largest absolute Gasteiger partial charge is 0.426 e. The smallest absolute Gasteiger partial charge is 0.322 e. The number of benzene rings is 2. The van der Waals surface area contributed by atoms with Crippen LogP contribution in [0, 0.1) is 5.82 Å². The average Bonchev–Trinajstić information content (AvgIpc) is 3.07. The van der Waals surface area contributed by atoms with E-state index in [-0.39, 0.29) is 11.7 Å². The minimum atomic E-state index is -0.929. The van der Waals surface area contributed by atoms with Gasteiger partial charge in [0.05, 0.1) is 5.41 Å². The predicted molar refractivity (Wildman–Crippen MR) is 92.9 cm³/mol. The average molecular weight is 341 g/mol. The highest BCUT2D eigenvalue weighted by molar-refractivity contribution is 5.89. The number of anilines is 1. The first-order valence-electron chi connectivity index (χ1n) is 8.36. The second-order valence-electron chi connectivity index (χ2n) is 6.36. The van der Waals surface area contributed by atoms with E-state index in [0.717, 1.165) is 12.8 Å². The predicted octanol–water partition coefficient (Wildman–Crippen LogP) is 4.20. The van der Waals surface area contributed by atoms with Gasteiger partial charge < -0.3 is 10.1 Å². The number of carbonyl (C=O) groups is 2. The number of halogens is 1. The molecule has 0 radical (unpaired) electrons. The first-order valence-corrected chi connectivity index (χ1v) is 8.36. The zero-order chi connectivity index (χ0) is 17.9. The maximum absolute atomic E-state index is 14.3. The minimum absolute atomic E-state index is 0.172. The molecule has 2 aromatic carbocycles. The van der Waals surface area contributed by atoms with Crippen LogP contribution in [0.15, 0.2) is 48.5 Å². The van der Waals surface area contributed by atoms with E-state index >= 15 is 0 Å². The normalized spacial score (nSPS) is 15.6. The maximum atomic E-state index is 14.3. The van der Waals surface area contributed by atoms with Crippen molar-refractivity contribution in [1.29, 1.82) is 0 Å². The summed E-state index contributed by atoms with van der Waals surface area (Å²) < 4.78 is 19.9. The monoisotopic (exact) mass is 341 g/mol. The molecule has 130 valence electrons. The van der Waals surface area contributed by atoms with E-state index in [0.29, 0.717) is 29.8 Å². The van der Waals surface area contributed by atoms with Crippen molar-refractivity contribution >= 4 is 17.6 Å². The lowest BCUT2D eigenvalue weighted by Crippen LogP contribution is -2.37. The van der Waals surface area contributed by atoms with Crippen LogP contribution in [0.3, 0.4) is 0 Å². The van der Waals surface area contributed by atoms with Gasteiger partial charge in [0.15, 0.2) is 0 Å². The lowest BCUT2D eigenvalue weighted by molar-refractivity contribution is -0.141. The van der Waals surface area contributed by atoms with Crippen LogP contribution in [0.2, 0.25) is 0 Å². The highest BCUT2D eigenvalue weighted by Crippen LogP contribution is 2.43. The Morgan fingerprint density at radius 1 is 1.04 bits per heavy atom. The quantitative estimate of drug-likeness (QED) is 0.670. The minimum Gasteiger partial charge on any atom is -0.426 e. The van der Waals surface area contributed by atoms with Crippen LogP contribution in [0.4, 0.5) is 10.1 Å². The fraction of sp³-hybridized carbons (Fsp3) is 0.300. The summed E-state index contributed by atoms with van der Waals surface area (Å²) in [6.07, 6.45) is 2.89. The Balaban J connectivity index is 1.83. The molecule has 5 heteroatoms. The number of hydrogen-bond donors (Lipinski definition) is 1. The van der Waals surface area contributed by atoms with Crippen LogP contribution in [0.25, 0.3) is 0 Å². The summed E-state index contributed by atoms with van der Waals surface area (Å²) in [5, 5.41) is 2.65. The number of carbonyl (C=O) groups excluding carboxylic acids is 2. The fourth-order valence-electron chi connectivity index (χ4n) is 3.43. The molecule has 4 nitrogen and oxygen atoms in total. The molecule has 1 amide bonds. The van der Waals surface area contributed by atoms with Crippen molar-refractivity contribution in [3.63, 3.8) is 0 Å². The van der Waals surface area contributed by atoms with Crippen molar-refractivity contribution in [3.8, 4) is 5.75 Å². The Labute approximate surface area is 146 Å². The lowest BCUT2D eigenvalue weighted by Gasteiger charge is -2.27. The van der Waals surface area contributed by atoms with Gasteiger partial charge in [-0.1, -0.05) is 31.0 Å². The van der Waals surface area contributed by atoms with E-state index in [1.54, 1.807) is 42.5 Å². The molecule has 0 aromatic heterocycles. The van der Waals surface area contributed by atoms with E-state index in [1.165, 1.54) is 13.0 Å². The third kappa shape index (κ3) is 3.55. The molecule has 0 unspecified atom stereocenters. The van der Waals surface area contributed by atoms with E-state index in [9.17, 15) is 14.0 Å². The van der Waals surface area contributed by atoms with Crippen LogP contribution in [0.5, 0.6) is 5.75 Å². The van der Waals surface area contributed by atoms with Crippen molar-refractivity contribution in [1.82, 2.24) is 0 Å². The summed E-state index contributed by atoms with van der Waals surface area (Å²) in [5.41, 5.74) is 0.103. The van der Waals surface area contributed by atoms with Crippen molar-refractivity contribution < 1.29 is 18.7 Å². The number of ether oxygens (including phenoxy) is 1. The Morgan fingerprint density at radius 2 is 1.68 bits per heavy atom. The molecule has 2 aromatic rings. The molecular formula is C20H20FNO3. The molecule has 1 N–H and O–H groups in total.